The van der Waals surface area contributed by atoms with Crippen LogP contribution in [0.3, 0.4) is 0 Å². The highest BCUT2D eigenvalue weighted by Crippen LogP contribution is 2.15. The summed E-state index contributed by atoms with van der Waals surface area (Å²) in [6, 6.07) is 8.03. The highest BCUT2D eigenvalue weighted by atomic mass is 16.5. The third-order valence-electron chi connectivity index (χ3n) is 3.97. The molecular formula is C19H32N4O2. The summed E-state index contributed by atoms with van der Waals surface area (Å²) in [6.07, 6.45) is 1.05. The van der Waals surface area contributed by atoms with Crippen LogP contribution in [0.25, 0.3) is 0 Å². The standard InChI is InChI=1S/C19H32N4O2/c1-16(2)15-25-18-6-3-5-17(13-18)14-22-19(20)21-7-4-8-23-9-11-24-12-10-23/h3,5-6,13,16H,4,7-12,14-15H2,1-2H3,(H3,20,21,22). The van der Waals surface area contributed by atoms with Crippen molar-refractivity contribution in [3.63, 3.8) is 0 Å². The number of aliphatic imine (C=N–C) groups is 1. The van der Waals surface area contributed by atoms with Crippen LogP contribution >= 0.6 is 0 Å². The van der Waals surface area contributed by atoms with Crippen LogP contribution in [0.1, 0.15) is 25.8 Å². The van der Waals surface area contributed by atoms with Crippen molar-refractivity contribution in [1.82, 2.24) is 10.2 Å². The molecule has 1 saturated heterocycles. The third-order valence-corrected chi connectivity index (χ3v) is 3.97. The number of hydrogen-bond acceptors (Lipinski definition) is 4. The van der Waals surface area contributed by atoms with Gasteiger partial charge in [-0.2, -0.15) is 0 Å². The van der Waals surface area contributed by atoms with Crippen molar-refractivity contribution >= 4 is 5.96 Å². The lowest BCUT2D eigenvalue weighted by Gasteiger charge is -2.26. The topological polar surface area (TPSA) is 72.1 Å². The van der Waals surface area contributed by atoms with Gasteiger partial charge in [0.25, 0.3) is 0 Å². The van der Waals surface area contributed by atoms with Crippen molar-refractivity contribution in [2.24, 2.45) is 16.6 Å². The number of nitrogens with one attached hydrogen (secondary N) is 1. The van der Waals surface area contributed by atoms with Crippen LogP contribution in [-0.2, 0) is 11.3 Å². The lowest BCUT2D eigenvalue weighted by molar-refractivity contribution is 0.0376. The van der Waals surface area contributed by atoms with Crippen LogP contribution in [0.15, 0.2) is 29.3 Å². The normalized spacial score (nSPS) is 16.2. The molecule has 0 unspecified atom stereocenters. The zero-order valence-electron chi connectivity index (χ0n) is 15.5. The average molecular weight is 348 g/mol. The zero-order chi connectivity index (χ0) is 17.9. The van der Waals surface area contributed by atoms with E-state index in [1.807, 2.05) is 24.3 Å². The van der Waals surface area contributed by atoms with Gasteiger partial charge in [0, 0.05) is 19.6 Å². The Morgan fingerprint density at radius 2 is 2.16 bits per heavy atom. The molecule has 0 radical (unpaired) electrons. The minimum Gasteiger partial charge on any atom is -0.493 e. The van der Waals surface area contributed by atoms with Crippen molar-refractivity contribution in [2.75, 3.05) is 46.0 Å². The lowest BCUT2D eigenvalue weighted by atomic mass is 10.2. The van der Waals surface area contributed by atoms with E-state index in [-0.39, 0.29) is 0 Å². The second-order valence-electron chi connectivity index (χ2n) is 6.79. The molecule has 25 heavy (non-hydrogen) atoms. The van der Waals surface area contributed by atoms with Crippen molar-refractivity contribution in [3.8, 4) is 5.75 Å². The van der Waals surface area contributed by atoms with E-state index >= 15 is 0 Å². The van der Waals surface area contributed by atoms with Crippen LogP contribution < -0.4 is 15.8 Å². The first-order chi connectivity index (χ1) is 12.1. The number of rotatable bonds is 9. The van der Waals surface area contributed by atoms with E-state index in [0.717, 1.165) is 63.7 Å². The Bertz CT molecular complexity index is 528. The maximum atomic E-state index is 5.95. The lowest BCUT2D eigenvalue weighted by Crippen LogP contribution is -2.39. The Kier molecular flexibility index (Phi) is 8.55. The molecule has 1 aliphatic rings. The second kappa shape index (κ2) is 10.9. The van der Waals surface area contributed by atoms with E-state index < -0.39 is 0 Å². The van der Waals surface area contributed by atoms with Crippen LogP contribution in [0.4, 0.5) is 0 Å². The van der Waals surface area contributed by atoms with Gasteiger partial charge < -0.3 is 20.5 Å². The molecule has 1 heterocycles. The van der Waals surface area contributed by atoms with Gasteiger partial charge in [0.05, 0.1) is 26.4 Å². The Labute approximate surface area is 151 Å². The molecule has 0 atom stereocenters. The van der Waals surface area contributed by atoms with Gasteiger partial charge in [0.1, 0.15) is 5.75 Å². The molecule has 2 rings (SSSR count). The fourth-order valence-electron chi connectivity index (χ4n) is 2.57. The molecule has 0 amide bonds. The van der Waals surface area contributed by atoms with Gasteiger partial charge in [-0.15, -0.1) is 0 Å². The molecule has 1 aromatic carbocycles. The molecule has 0 spiro atoms. The fourth-order valence-corrected chi connectivity index (χ4v) is 2.57. The summed E-state index contributed by atoms with van der Waals surface area (Å²) in [5.41, 5.74) is 7.05. The largest absolute Gasteiger partial charge is 0.493 e. The van der Waals surface area contributed by atoms with Crippen molar-refractivity contribution in [2.45, 2.75) is 26.8 Å². The second-order valence-corrected chi connectivity index (χ2v) is 6.79. The molecular weight excluding hydrogens is 316 g/mol. The summed E-state index contributed by atoms with van der Waals surface area (Å²) in [6.45, 7) is 11.2. The summed E-state index contributed by atoms with van der Waals surface area (Å²) >= 11 is 0. The highest BCUT2D eigenvalue weighted by Gasteiger charge is 2.09. The van der Waals surface area contributed by atoms with Gasteiger partial charge in [0.2, 0.25) is 0 Å². The quantitative estimate of drug-likeness (QED) is 0.405. The van der Waals surface area contributed by atoms with Crippen LogP contribution in [0.5, 0.6) is 5.75 Å². The highest BCUT2D eigenvalue weighted by molar-refractivity contribution is 5.77. The van der Waals surface area contributed by atoms with E-state index in [1.54, 1.807) is 0 Å². The van der Waals surface area contributed by atoms with Gasteiger partial charge in [-0.25, -0.2) is 4.99 Å². The average Bonchev–Trinajstić information content (AvgIpc) is 2.63. The van der Waals surface area contributed by atoms with E-state index in [1.165, 1.54) is 0 Å². The minimum absolute atomic E-state index is 0.496. The number of hydrogen-bond donors (Lipinski definition) is 2. The molecule has 0 bridgehead atoms. The molecule has 140 valence electrons. The van der Waals surface area contributed by atoms with Crippen molar-refractivity contribution < 1.29 is 9.47 Å². The molecule has 0 saturated carbocycles. The van der Waals surface area contributed by atoms with E-state index in [9.17, 15) is 0 Å². The fraction of sp³-hybridized carbons (Fsp3) is 0.632. The number of nitrogens with two attached hydrogens (primary N) is 1. The molecule has 0 aromatic heterocycles. The monoisotopic (exact) mass is 348 g/mol. The molecule has 3 N–H and O–H groups in total. The number of ether oxygens (including phenoxy) is 2. The molecule has 6 heteroatoms. The van der Waals surface area contributed by atoms with E-state index in [4.69, 9.17) is 15.2 Å². The smallest absolute Gasteiger partial charge is 0.188 e. The maximum absolute atomic E-state index is 5.95. The summed E-state index contributed by atoms with van der Waals surface area (Å²) < 4.78 is 11.1. The SMILES string of the molecule is CC(C)COc1cccc(CN=C(N)NCCCN2CCOCC2)c1. The Hall–Kier alpha value is -1.79. The summed E-state index contributed by atoms with van der Waals surface area (Å²) in [7, 11) is 0. The first kappa shape index (κ1) is 19.5. The number of guanidine groups is 1. The number of morpholine rings is 1. The Morgan fingerprint density at radius 3 is 2.92 bits per heavy atom. The van der Waals surface area contributed by atoms with Crippen LogP contribution in [0.2, 0.25) is 0 Å². The molecule has 1 aliphatic heterocycles. The third kappa shape index (κ3) is 8.23. The van der Waals surface area contributed by atoms with Gasteiger partial charge >= 0.3 is 0 Å². The van der Waals surface area contributed by atoms with Gasteiger partial charge in [-0.05, 0) is 36.6 Å². The van der Waals surface area contributed by atoms with Crippen LogP contribution in [0, 0.1) is 5.92 Å². The summed E-state index contributed by atoms with van der Waals surface area (Å²) in [5, 5.41) is 3.19. The predicted octanol–water partition coefficient (Wildman–Crippen LogP) is 1.85. The van der Waals surface area contributed by atoms with Crippen LogP contribution in [-0.4, -0.2) is 56.9 Å². The number of benzene rings is 1. The van der Waals surface area contributed by atoms with E-state index in [2.05, 4.69) is 29.1 Å². The minimum atomic E-state index is 0.496. The summed E-state index contributed by atoms with van der Waals surface area (Å²) in [4.78, 5) is 6.83. The molecule has 1 aromatic rings. The molecule has 1 fully saturated rings. The van der Waals surface area contributed by atoms with E-state index in [0.29, 0.717) is 18.4 Å². The first-order valence-electron chi connectivity index (χ1n) is 9.19. The Balaban J connectivity index is 1.66. The maximum Gasteiger partial charge on any atom is 0.188 e. The Morgan fingerprint density at radius 1 is 1.36 bits per heavy atom. The van der Waals surface area contributed by atoms with Crippen molar-refractivity contribution in [3.05, 3.63) is 29.8 Å². The van der Waals surface area contributed by atoms with Gasteiger partial charge in [-0.1, -0.05) is 26.0 Å². The van der Waals surface area contributed by atoms with Crippen molar-refractivity contribution in [1.29, 1.82) is 0 Å². The molecule has 0 aliphatic carbocycles. The van der Waals surface area contributed by atoms with Gasteiger partial charge in [-0.3, -0.25) is 4.90 Å². The molecule has 6 nitrogen and oxygen atoms in total. The predicted molar refractivity (Wildman–Crippen MR) is 102 cm³/mol. The van der Waals surface area contributed by atoms with Gasteiger partial charge in [0.15, 0.2) is 5.96 Å². The first-order valence-corrected chi connectivity index (χ1v) is 9.19. The summed E-state index contributed by atoms with van der Waals surface area (Å²) in [5.74, 6) is 1.90. The zero-order valence-corrected chi connectivity index (χ0v) is 15.5. The number of nitrogens with zero attached hydrogens (tertiary/aromatic N) is 2.